The summed E-state index contributed by atoms with van der Waals surface area (Å²) in [6.45, 7) is 9.75. The van der Waals surface area contributed by atoms with Crippen molar-refractivity contribution in [1.82, 2.24) is 4.90 Å². The van der Waals surface area contributed by atoms with Crippen LogP contribution < -0.4 is 0 Å². The molecular formula is C17H26BrNO3S. The predicted octanol–water partition coefficient (Wildman–Crippen LogP) is 5.21. The number of carbonyl (C=O) groups excluding carboxylic acids is 1. The normalized spacial score (nSPS) is 22.2. The van der Waals surface area contributed by atoms with Crippen LogP contribution in [0.25, 0.3) is 0 Å². The minimum Gasteiger partial charge on any atom is -0.444 e. The first-order valence-electron chi connectivity index (χ1n) is 8.09. The van der Waals surface area contributed by atoms with Gasteiger partial charge in [-0.05, 0) is 68.1 Å². The molecular weight excluding hydrogens is 378 g/mol. The molecule has 1 unspecified atom stereocenters. The van der Waals surface area contributed by atoms with Crippen molar-refractivity contribution >= 4 is 33.4 Å². The van der Waals surface area contributed by atoms with E-state index >= 15 is 0 Å². The average molecular weight is 404 g/mol. The van der Waals surface area contributed by atoms with Gasteiger partial charge in [-0.25, -0.2) is 4.79 Å². The van der Waals surface area contributed by atoms with Gasteiger partial charge in [0.15, 0.2) is 0 Å². The Kier molecular flexibility index (Phi) is 6.14. The summed E-state index contributed by atoms with van der Waals surface area (Å²) in [6.07, 6.45) is 2.58. The number of nitrogens with zero attached hydrogens (tertiary/aromatic N) is 1. The van der Waals surface area contributed by atoms with E-state index in [9.17, 15) is 4.79 Å². The third-order valence-corrected chi connectivity index (χ3v) is 5.58. The molecule has 130 valence electrons. The standard InChI is InChI=1S/C17H26BrNO3S/c1-5-17(21-11-13-7-8-14(18)23-13)9-6-10-19(12-17)15(20)22-16(2,3)4/h7-8H,5-6,9-12H2,1-4H3. The smallest absolute Gasteiger partial charge is 0.410 e. The van der Waals surface area contributed by atoms with E-state index in [1.54, 1.807) is 16.2 Å². The summed E-state index contributed by atoms with van der Waals surface area (Å²) in [5, 5.41) is 0. The molecule has 2 rings (SSSR count). The van der Waals surface area contributed by atoms with Crippen molar-refractivity contribution in [2.45, 2.75) is 64.8 Å². The molecule has 1 fully saturated rings. The van der Waals surface area contributed by atoms with Crippen molar-refractivity contribution < 1.29 is 14.3 Å². The van der Waals surface area contributed by atoms with Crippen molar-refractivity contribution in [3.63, 3.8) is 0 Å². The molecule has 0 bridgehead atoms. The predicted molar refractivity (Wildman–Crippen MR) is 96.9 cm³/mol. The fraction of sp³-hybridized carbons (Fsp3) is 0.706. The molecule has 4 nitrogen and oxygen atoms in total. The van der Waals surface area contributed by atoms with Gasteiger partial charge in [-0.2, -0.15) is 0 Å². The van der Waals surface area contributed by atoms with Crippen LogP contribution in [0.1, 0.15) is 51.8 Å². The van der Waals surface area contributed by atoms with Gasteiger partial charge in [0.1, 0.15) is 5.60 Å². The molecule has 1 aliphatic heterocycles. The molecule has 23 heavy (non-hydrogen) atoms. The van der Waals surface area contributed by atoms with Gasteiger partial charge in [-0.1, -0.05) is 6.92 Å². The van der Waals surface area contributed by atoms with Crippen LogP contribution in [-0.4, -0.2) is 35.3 Å². The third kappa shape index (κ3) is 5.47. The van der Waals surface area contributed by atoms with Crippen LogP contribution in [0.5, 0.6) is 0 Å². The number of ether oxygens (including phenoxy) is 2. The van der Waals surface area contributed by atoms with Crippen LogP contribution in [0.4, 0.5) is 4.79 Å². The average Bonchev–Trinajstić information content (AvgIpc) is 2.89. The molecule has 0 saturated carbocycles. The molecule has 6 heteroatoms. The molecule has 1 aliphatic rings. The molecule has 1 atom stereocenters. The van der Waals surface area contributed by atoms with E-state index in [4.69, 9.17) is 9.47 Å². The Morgan fingerprint density at radius 2 is 2.17 bits per heavy atom. The van der Waals surface area contributed by atoms with Crippen LogP contribution in [0.15, 0.2) is 15.9 Å². The number of piperidine rings is 1. The van der Waals surface area contributed by atoms with Gasteiger partial charge in [0.2, 0.25) is 0 Å². The first-order valence-corrected chi connectivity index (χ1v) is 9.70. The number of rotatable bonds is 4. The highest BCUT2D eigenvalue weighted by Gasteiger charge is 2.38. The summed E-state index contributed by atoms with van der Waals surface area (Å²) in [5.74, 6) is 0. The minimum absolute atomic E-state index is 0.238. The minimum atomic E-state index is -0.465. The van der Waals surface area contributed by atoms with E-state index < -0.39 is 5.60 Å². The Balaban J connectivity index is 1.98. The lowest BCUT2D eigenvalue weighted by Crippen LogP contribution is -2.52. The van der Waals surface area contributed by atoms with Crippen LogP contribution >= 0.6 is 27.3 Å². The van der Waals surface area contributed by atoms with Gasteiger partial charge in [-0.15, -0.1) is 11.3 Å². The number of thiophene rings is 1. The molecule has 0 N–H and O–H groups in total. The van der Waals surface area contributed by atoms with Crippen LogP contribution in [0, 0.1) is 0 Å². The van der Waals surface area contributed by atoms with Gasteiger partial charge in [0.05, 0.1) is 22.5 Å². The lowest BCUT2D eigenvalue weighted by Gasteiger charge is -2.42. The Hall–Kier alpha value is -0.590. The molecule has 0 aromatic carbocycles. The summed E-state index contributed by atoms with van der Waals surface area (Å²) in [6, 6.07) is 4.11. The summed E-state index contributed by atoms with van der Waals surface area (Å²) < 4.78 is 12.9. The first kappa shape index (κ1) is 18.7. The summed E-state index contributed by atoms with van der Waals surface area (Å²) in [7, 11) is 0. The first-order chi connectivity index (χ1) is 10.7. The molecule has 1 amide bonds. The Labute approximate surface area is 151 Å². The summed E-state index contributed by atoms with van der Waals surface area (Å²) in [4.78, 5) is 15.3. The number of amides is 1. The third-order valence-electron chi connectivity index (χ3n) is 3.98. The summed E-state index contributed by atoms with van der Waals surface area (Å²) >= 11 is 5.17. The van der Waals surface area contributed by atoms with E-state index in [2.05, 4.69) is 28.9 Å². The highest BCUT2D eigenvalue weighted by atomic mass is 79.9. The maximum Gasteiger partial charge on any atom is 0.410 e. The monoisotopic (exact) mass is 403 g/mol. The van der Waals surface area contributed by atoms with Gasteiger partial charge in [0, 0.05) is 11.4 Å². The van der Waals surface area contributed by atoms with Crippen molar-refractivity contribution in [3.8, 4) is 0 Å². The van der Waals surface area contributed by atoms with E-state index in [0.717, 1.165) is 29.6 Å². The van der Waals surface area contributed by atoms with Gasteiger partial charge >= 0.3 is 6.09 Å². The number of carbonyl (C=O) groups is 1. The van der Waals surface area contributed by atoms with Crippen molar-refractivity contribution in [1.29, 1.82) is 0 Å². The Morgan fingerprint density at radius 1 is 1.43 bits per heavy atom. The van der Waals surface area contributed by atoms with E-state index in [1.165, 1.54) is 4.88 Å². The second kappa shape index (κ2) is 7.53. The topological polar surface area (TPSA) is 38.8 Å². The van der Waals surface area contributed by atoms with Crippen LogP contribution in [0.3, 0.4) is 0 Å². The quantitative estimate of drug-likeness (QED) is 0.692. The van der Waals surface area contributed by atoms with Crippen LogP contribution in [-0.2, 0) is 16.1 Å². The number of hydrogen-bond donors (Lipinski definition) is 0. The second-order valence-electron chi connectivity index (χ2n) is 7.04. The van der Waals surface area contributed by atoms with Crippen LogP contribution in [0.2, 0.25) is 0 Å². The molecule has 2 heterocycles. The van der Waals surface area contributed by atoms with E-state index in [0.29, 0.717) is 13.2 Å². The molecule has 1 aromatic rings. The zero-order chi connectivity index (χ0) is 17.1. The number of likely N-dealkylation sites (tertiary alicyclic amines) is 1. The van der Waals surface area contributed by atoms with E-state index in [-0.39, 0.29) is 11.7 Å². The number of hydrogen-bond acceptors (Lipinski definition) is 4. The van der Waals surface area contributed by atoms with E-state index in [1.807, 2.05) is 26.8 Å². The van der Waals surface area contributed by atoms with Gasteiger partial charge in [0.25, 0.3) is 0 Å². The molecule has 1 aromatic heterocycles. The lowest BCUT2D eigenvalue weighted by molar-refractivity contribution is -0.101. The fourth-order valence-corrected chi connectivity index (χ4v) is 4.14. The van der Waals surface area contributed by atoms with Gasteiger partial charge < -0.3 is 14.4 Å². The molecule has 0 spiro atoms. The molecule has 1 saturated heterocycles. The zero-order valence-electron chi connectivity index (χ0n) is 14.4. The maximum atomic E-state index is 12.3. The highest BCUT2D eigenvalue weighted by Crippen LogP contribution is 2.32. The van der Waals surface area contributed by atoms with Crippen molar-refractivity contribution in [2.24, 2.45) is 0 Å². The zero-order valence-corrected chi connectivity index (χ0v) is 16.8. The Morgan fingerprint density at radius 3 is 2.74 bits per heavy atom. The van der Waals surface area contributed by atoms with Crippen molar-refractivity contribution in [3.05, 3.63) is 20.8 Å². The largest absolute Gasteiger partial charge is 0.444 e. The lowest BCUT2D eigenvalue weighted by atomic mass is 9.90. The highest BCUT2D eigenvalue weighted by molar-refractivity contribution is 9.11. The summed E-state index contributed by atoms with van der Waals surface area (Å²) in [5.41, 5.74) is -0.737. The molecule has 0 radical (unpaired) electrons. The molecule has 0 aliphatic carbocycles. The van der Waals surface area contributed by atoms with Gasteiger partial charge in [-0.3, -0.25) is 0 Å². The SMILES string of the molecule is CCC1(OCc2ccc(Br)s2)CCCN(C(=O)OC(C)(C)C)C1. The maximum absolute atomic E-state index is 12.3. The number of halogens is 1. The fourth-order valence-electron chi connectivity index (χ4n) is 2.74. The Bertz CT molecular complexity index is 540. The van der Waals surface area contributed by atoms with Crippen molar-refractivity contribution in [2.75, 3.05) is 13.1 Å². The second-order valence-corrected chi connectivity index (χ2v) is 9.58.